The molecule has 0 radical (unpaired) electrons. The number of aryl methyl sites for hydroxylation is 1. The average Bonchev–Trinajstić information content (AvgIpc) is 3.13. The zero-order valence-electron chi connectivity index (χ0n) is 15.1. The summed E-state index contributed by atoms with van der Waals surface area (Å²) in [6, 6.07) is 13.8. The maximum absolute atomic E-state index is 12.8. The highest BCUT2D eigenvalue weighted by molar-refractivity contribution is 7.11. The number of benzene rings is 1. The molecule has 1 aliphatic rings. The molecule has 0 aliphatic carbocycles. The molecule has 1 fully saturated rings. The predicted molar refractivity (Wildman–Crippen MR) is 109 cm³/mol. The second-order valence-corrected chi connectivity index (χ2v) is 8.11. The molecule has 0 bridgehead atoms. The molecule has 0 saturated carbocycles. The average molecular weight is 398 g/mol. The van der Waals surface area contributed by atoms with Crippen molar-refractivity contribution in [2.45, 2.75) is 25.7 Å². The number of halogens is 1. The lowest BCUT2D eigenvalue weighted by molar-refractivity contribution is 0.0710. The predicted octanol–water partition coefficient (Wildman–Crippen LogP) is 5.19. The Morgan fingerprint density at radius 3 is 2.89 bits per heavy atom. The van der Waals surface area contributed by atoms with Gasteiger partial charge >= 0.3 is 0 Å². The van der Waals surface area contributed by atoms with Crippen LogP contribution >= 0.6 is 22.9 Å². The van der Waals surface area contributed by atoms with Crippen molar-refractivity contribution in [1.82, 2.24) is 14.9 Å². The Hall–Kier alpha value is -2.24. The second kappa shape index (κ2) is 7.79. The van der Waals surface area contributed by atoms with Gasteiger partial charge in [0, 0.05) is 35.3 Å². The topological polar surface area (TPSA) is 46.1 Å². The number of hydrogen-bond donors (Lipinski definition) is 0. The van der Waals surface area contributed by atoms with Gasteiger partial charge in [0.15, 0.2) is 0 Å². The second-order valence-electron chi connectivity index (χ2n) is 6.82. The van der Waals surface area contributed by atoms with Crippen molar-refractivity contribution in [3.8, 4) is 11.3 Å². The highest BCUT2D eigenvalue weighted by Crippen LogP contribution is 2.29. The first kappa shape index (κ1) is 18.1. The molecule has 1 aliphatic heterocycles. The molecular weight excluding hydrogens is 378 g/mol. The zero-order chi connectivity index (χ0) is 18.8. The summed E-state index contributed by atoms with van der Waals surface area (Å²) in [5.74, 6) is 0.334. The molecule has 138 valence electrons. The Morgan fingerprint density at radius 2 is 2.11 bits per heavy atom. The maximum atomic E-state index is 12.8. The van der Waals surface area contributed by atoms with E-state index in [4.69, 9.17) is 16.6 Å². The minimum atomic E-state index is 0.0886. The monoisotopic (exact) mass is 397 g/mol. The Morgan fingerprint density at radius 1 is 1.26 bits per heavy atom. The molecular formula is C21H20ClN3OS. The van der Waals surface area contributed by atoms with Gasteiger partial charge in [-0.3, -0.25) is 9.78 Å². The van der Waals surface area contributed by atoms with E-state index in [0.29, 0.717) is 11.6 Å². The summed E-state index contributed by atoms with van der Waals surface area (Å²) in [5.41, 5.74) is 5.50. The van der Waals surface area contributed by atoms with Crippen LogP contribution < -0.4 is 0 Å². The molecule has 0 N–H and O–H groups in total. The fourth-order valence-electron chi connectivity index (χ4n) is 3.54. The summed E-state index contributed by atoms with van der Waals surface area (Å²) < 4.78 is 0. The van der Waals surface area contributed by atoms with Gasteiger partial charge in [-0.25, -0.2) is 4.98 Å². The van der Waals surface area contributed by atoms with Gasteiger partial charge < -0.3 is 4.90 Å². The molecule has 1 aromatic carbocycles. The van der Waals surface area contributed by atoms with E-state index in [1.165, 1.54) is 11.3 Å². The summed E-state index contributed by atoms with van der Waals surface area (Å²) in [6.07, 6.45) is 2.02. The number of aromatic nitrogens is 2. The maximum Gasteiger partial charge on any atom is 0.265 e. The Kier molecular flexibility index (Phi) is 5.23. The first-order valence-corrected chi connectivity index (χ1v) is 10.3. The summed E-state index contributed by atoms with van der Waals surface area (Å²) in [4.78, 5) is 24.6. The van der Waals surface area contributed by atoms with Crippen LogP contribution in [0.5, 0.6) is 0 Å². The Bertz CT molecular complexity index is 971. The van der Waals surface area contributed by atoms with E-state index in [1.54, 1.807) is 5.51 Å². The Labute approximate surface area is 167 Å². The van der Waals surface area contributed by atoms with E-state index in [1.807, 2.05) is 48.2 Å². The minimum Gasteiger partial charge on any atom is -0.337 e. The highest BCUT2D eigenvalue weighted by Gasteiger charge is 2.28. The number of rotatable bonds is 3. The van der Waals surface area contributed by atoms with Crippen LogP contribution in [0.2, 0.25) is 5.02 Å². The molecule has 0 spiro atoms. The first-order chi connectivity index (χ1) is 13.1. The van der Waals surface area contributed by atoms with E-state index in [0.717, 1.165) is 46.9 Å². The van der Waals surface area contributed by atoms with Gasteiger partial charge in [-0.2, -0.15) is 0 Å². The van der Waals surface area contributed by atoms with E-state index < -0.39 is 0 Å². The molecule has 1 saturated heterocycles. The number of hydrogen-bond acceptors (Lipinski definition) is 4. The third-order valence-corrected chi connectivity index (χ3v) is 6.11. The normalized spacial score (nSPS) is 17.1. The number of nitrogens with zero attached hydrogens (tertiary/aromatic N) is 3. The van der Waals surface area contributed by atoms with E-state index in [9.17, 15) is 4.79 Å². The molecule has 27 heavy (non-hydrogen) atoms. The van der Waals surface area contributed by atoms with Gasteiger partial charge in [0.1, 0.15) is 4.88 Å². The molecule has 3 aromatic rings. The summed E-state index contributed by atoms with van der Waals surface area (Å²) in [5, 5.41) is 0.703. The van der Waals surface area contributed by atoms with Crippen molar-refractivity contribution in [2.75, 3.05) is 13.1 Å². The van der Waals surface area contributed by atoms with Crippen LogP contribution in [0.25, 0.3) is 11.3 Å². The van der Waals surface area contributed by atoms with E-state index in [-0.39, 0.29) is 11.8 Å². The molecule has 6 heteroatoms. The summed E-state index contributed by atoms with van der Waals surface area (Å²) in [7, 11) is 0. The third kappa shape index (κ3) is 3.89. The van der Waals surface area contributed by atoms with Gasteiger partial charge in [-0.05, 0) is 44.0 Å². The van der Waals surface area contributed by atoms with Crippen molar-refractivity contribution in [1.29, 1.82) is 0 Å². The van der Waals surface area contributed by atoms with Crippen LogP contribution in [0.15, 0.2) is 48.0 Å². The number of pyridine rings is 1. The van der Waals surface area contributed by atoms with Crippen molar-refractivity contribution >= 4 is 28.8 Å². The van der Waals surface area contributed by atoms with Crippen LogP contribution in [0.3, 0.4) is 0 Å². The van der Waals surface area contributed by atoms with Gasteiger partial charge in [0.2, 0.25) is 0 Å². The molecule has 1 atom stereocenters. The third-order valence-electron chi connectivity index (χ3n) is 4.96. The van der Waals surface area contributed by atoms with Gasteiger partial charge in [0.25, 0.3) is 5.91 Å². The molecule has 1 amide bonds. The standard InChI is InChI=1S/C21H20ClN3OS/c1-14-20(27-13-23-14)21(26)25-10-4-6-16(12-25)19-9-3-8-18(24-19)15-5-2-7-17(22)11-15/h2-3,5,7-9,11,13,16H,4,6,10,12H2,1H3/t16-/m1/s1. The number of likely N-dealkylation sites (tertiary alicyclic amines) is 1. The Balaban J connectivity index is 1.56. The van der Waals surface area contributed by atoms with Crippen LogP contribution in [0.4, 0.5) is 0 Å². The molecule has 0 unspecified atom stereocenters. The SMILES string of the molecule is Cc1ncsc1C(=O)N1CCC[C@@H](c2cccc(-c3cccc(Cl)c3)n2)C1. The van der Waals surface area contributed by atoms with Crippen LogP contribution in [0.1, 0.15) is 39.8 Å². The molecule has 2 aromatic heterocycles. The van der Waals surface area contributed by atoms with Gasteiger partial charge in [0.05, 0.1) is 16.9 Å². The lowest BCUT2D eigenvalue weighted by Gasteiger charge is -2.32. The summed E-state index contributed by atoms with van der Waals surface area (Å²) >= 11 is 7.54. The van der Waals surface area contributed by atoms with Crippen molar-refractivity contribution in [3.63, 3.8) is 0 Å². The number of amides is 1. The van der Waals surface area contributed by atoms with Gasteiger partial charge in [-0.15, -0.1) is 11.3 Å². The summed E-state index contributed by atoms with van der Waals surface area (Å²) in [6.45, 7) is 3.38. The van der Waals surface area contributed by atoms with Gasteiger partial charge in [-0.1, -0.05) is 29.8 Å². The quantitative estimate of drug-likeness (QED) is 0.611. The fourth-order valence-corrected chi connectivity index (χ4v) is 4.50. The van der Waals surface area contributed by atoms with Crippen LogP contribution in [0, 0.1) is 6.92 Å². The van der Waals surface area contributed by atoms with Crippen molar-refractivity contribution in [2.24, 2.45) is 0 Å². The lowest BCUT2D eigenvalue weighted by atomic mass is 9.93. The number of thiazole rings is 1. The minimum absolute atomic E-state index is 0.0886. The zero-order valence-corrected chi connectivity index (χ0v) is 16.6. The largest absolute Gasteiger partial charge is 0.337 e. The van der Waals surface area contributed by atoms with Crippen LogP contribution in [-0.2, 0) is 0 Å². The molecule has 3 heterocycles. The number of carbonyl (C=O) groups is 1. The highest BCUT2D eigenvalue weighted by atomic mass is 35.5. The molecule has 4 rings (SSSR count). The number of carbonyl (C=O) groups excluding carboxylic acids is 1. The first-order valence-electron chi connectivity index (χ1n) is 9.04. The van der Waals surface area contributed by atoms with Crippen LogP contribution in [-0.4, -0.2) is 33.9 Å². The lowest BCUT2D eigenvalue weighted by Crippen LogP contribution is -2.39. The van der Waals surface area contributed by atoms with Crippen molar-refractivity contribution in [3.05, 3.63) is 69.3 Å². The fraction of sp³-hybridized carbons (Fsp3) is 0.286. The number of piperidine rings is 1. The van der Waals surface area contributed by atoms with E-state index in [2.05, 4.69) is 11.1 Å². The van der Waals surface area contributed by atoms with E-state index >= 15 is 0 Å². The molecule has 4 nitrogen and oxygen atoms in total. The van der Waals surface area contributed by atoms with Crippen molar-refractivity contribution < 1.29 is 4.79 Å². The smallest absolute Gasteiger partial charge is 0.265 e.